The molecule has 0 aliphatic heterocycles. The quantitative estimate of drug-likeness (QED) is 0.0158. The summed E-state index contributed by atoms with van der Waals surface area (Å²) in [5, 5.41) is 74.7. The van der Waals surface area contributed by atoms with Gasteiger partial charge in [-0.3, -0.25) is 13.8 Å². The second kappa shape index (κ2) is 40.6. The van der Waals surface area contributed by atoms with Crippen LogP contribution in [-0.2, 0) is 18.4 Å². The van der Waals surface area contributed by atoms with Crippen LogP contribution >= 0.6 is 7.82 Å². The van der Waals surface area contributed by atoms with Crippen LogP contribution in [0.5, 0.6) is 0 Å². The number of aliphatic hydroxyl groups excluding tert-OH is 7. The van der Waals surface area contributed by atoms with Gasteiger partial charge in [0.2, 0.25) is 5.91 Å². The highest BCUT2D eigenvalue weighted by Crippen LogP contribution is 2.47. The number of carbonyl (C=O) groups excluding carboxylic acids is 1. The molecule has 384 valence electrons. The highest BCUT2D eigenvalue weighted by Gasteiger charge is 2.51. The number of hydrogen-bond donors (Lipinski definition) is 9. The van der Waals surface area contributed by atoms with Gasteiger partial charge in [0.05, 0.1) is 31.3 Å². The van der Waals surface area contributed by atoms with E-state index in [4.69, 9.17) is 9.05 Å². The minimum absolute atomic E-state index is 0.253. The van der Waals surface area contributed by atoms with E-state index in [0.29, 0.717) is 12.8 Å². The van der Waals surface area contributed by atoms with Crippen molar-refractivity contribution in [1.82, 2.24) is 5.32 Å². The molecule has 1 saturated carbocycles. The minimum atomic E-state index is -5.15. The van der Waals surface area contributed by atoms with Gasteiger partial charge in [-0.25, -0.2) is 4.57 Å². The molecule has 13 nitrogen and oxygen atoms in total. The van der Waals surface area contributed by atoms with E-state index < -0.39 is 75.2 Å². The monoisotopic (exact) mass is 948 g/mol. The Bertz CT molecular complexity index is 1210. The van der Waals surface area contributed by atoms with Crippen molar-refractivity contribution in [3.05, 3.63) is 24.3 Å². The predicted molar refractivity (Wildman–Crippen MR) is 261 cm³/mol. The van der Waals surface area contributed by atoms with E-state index in [1.165, 1.54) is 154 Å². The van der Waals surface area contributed by atoms with E-state index in [0.717, 1.165) is 51.4 Å². The molecule has 9 N–H and O–H groups in total. The molecule has 1 fully saturated rings. The molecule has 0 aromatic rings. The lowest BCUT2D eigenvalue weighted by molar-refractivity contribution is -0.220. The van der Waals surface area contributed by atoms with Gasteiger partial charge >= 0.3 is 7.82 Å². The average Bonchev–Trinajstić information content (AvgIpc) is 3.28. The molecule has 0 bridgehead atoms. The van der Waals surface area contributed by atoms with Gasteiger partial charge in [-0.15, -0.1) is 0 Å². The fourth-order valence-electron chi connectivity index (χ4n) is 8.47. The fraction of sp³-hybridized carbons (Fsp3) is 0.902. The number of phosphoric ester groups is 1. The summed E-state index contributed by atoms with van der Waals surface area (Å²) < 4.78 is 22.9. The van der Waals surface area contributed by atoms with Crippen LogP contribution in [0.3, 0.4) is 0 Å². The number of carbonyl (C=O) groups is 1. The zero-order chi connectivity index (χ0) is 48.0. The van der Waals surface area contributed by atoms with E-state index in [-0.39, 0.29) is 6.42 Å². The molecule has 0 heterocycles. The molecule has 0 aromatic carbocycles. The maximum absolute atomic E-state index is 13.0. The maximum Gasteiger partial charge on any atom is 0.472 e. The van der Waals surface area contributed by atoms with Gasteiger partial charge in [-0.2, -0.15) is 0 Å². The van der Waals surface area contributed by atoms with Crippen LogP contribution in [0.4, 0.5) is 0 Å². The summed E-state index contributed by atoms with van der Waals surface area (Å²) in [4.78, 5) is 23.5. The van der Waals surface area contributed by atoms with Gasteiger partial charge in [-0.05, 0) is 44.9 Å². The first-order chi connectivity index (χ1) is 31.3. The Morgan fingerprint density at radius 2 is 0.892 bits per heavy atom. The highest BCUT2D eigenvalue weighted by molar-refractivity contribution is 7.47. The first kappa shape index (κ1) is 61.8. The van der Waals surface area contributed by atoms with E-state index in [2.05, 4.69) is 31.3 Å². The van der Waals surface area contributed by atoms with Crippen molar-refractivity contribution in [1.29, 1.82) is 0 Å². The zero-order valence-corrected chi connectivity index (χ0v) is 41.8. The van der Waals surface area contributed by atoms with Crippen LogP contribution in [0.2, 0.25) is 0 Å². The molecule has 8 atom stereocenters. The number of allylic oxidation sites excluding steroid dienone is 3. The third-order valence-corrected chi connectivity index (χ3v) is 13.8. The number of aliphatic hydroxyl groups is 7. The van der Waals surface area contributed by atoms with Gasteiger partial charge < -0.3 is 46.0 Å². The van der Waals surface area contributed by atoms with E-state index in [1.807, 2.05) is 0 Å². The Balaban J connectivity index is 2.48. The second-order valence-corrected chi connectivity index (χ2v) is 20.3. The number of unbranched alkanes of at least 4 members (excludes halogenated alkanes) is 29. The maximum atomic E-state index is 13.0. The van der Waals surface area contributed by atoms with Crippen molar-refractivity contribution >= 4 is 13.7 Å². The lowest BCUT2D eigenvalue weighted by Crippen LogP contribution is -2.64. The van der Waals surface area contributed by atoms with Crippen LogP contribution in [0.25, 0.3) is 0 Å². The molecule has 0 spiro atoms. The second-order valence-electron chi connectivity index (χ2n) is 18.9. The third-order valence-electron chi connectivity index (χ3n) is 12.8. The zero-order valence-electron chi connectivity index (χ0n) is 40.9. The van der Waals surface area contributed by atoms with Crippen molar-refractivity contribution in [2.24, 2.45) is 0 Å². The molecular weight excluding hydrogens is 850 g/mol. The van der Waals surface area contributed by atoms with E-state index >= 15 is 0 Å². The van der Waals surface area contributed by atoms with Gasteiger partial charge in [0.25, 0.3) is 0 Å². The molecule has 65 heavy (non-hydrogen) atoms. The Labute approximate surface area is 394 Å². The fourth-order valence-corrected chi connectivity index (χ4v) is 9.44. The summed E-state index contributed by atoms with van der Waals surface area (Å²) in [5.41, 5.74) is 0. The van der Waals surface area contributed by atoms with Crippen LogP contribution in [0, 0.1) is 0 Å². The first-order valence-electron chi connectivity index (χ1n) is 26.4. The lowest BCUT2D eigenvalue weighted by Gasteiger charge is -2.41. The van der Waals surface area contributed by atoms with Crippen molar-refractivity contribution in [3.63, 3.8) is 0 Å². The van der Waals surface area contributed by atoms with Crippen molar-refractivity contribution < 1.29 is 59.0 Å². The Kier molecular flexibility index (Phi) is 38.6. The number of rotatable bonds is 44. The van der Waals surface area contributed by atoms with Gasteiger partial charge in [0.15, 0.2) is 0 Å². The Hall–Kier alpha value is -1.22. The molecular formula is C51H98NO12P. The number of phosphoric acid groups is 1. The average molecular weight is 948 g/mol. The topological polar surface area (TPSA) is 226 Å². The van der Waals surface area contributed by atoms with Gasteiger partial charge in [-0.1, -0.05) is 205 Å². The van der Waals surface area contributed by atoms with Crippen molar-refractivity contribution in [2.75, 3.05) is 6.61 Å². The predicted octanol–water partition coefficient (Wildman–Crippen LogP) is 9.93. The SMILES string of the molecule is CCCCCCCCC/C=C\CCCCCC(O)CC(=O)NC(COP(=O)(O)OC1C(O)C(O)C(O)C(O)C1O)C(O)/C=C/CCCCCCCCCCCCCCCCCCCCC. The van der Waals surface area contributed by atoms with E-state index in [9.17, 15) is 50.0 Å². The Morgan fingerprint density at radius 3 is 1.31 bits per heavy atom. The minimum Gasteiger partial charge on any atom is -0.393 e. The summed E-state index contributed by atoms with van der Waals surface area (Å²) >= 11 is 0. The number of nitrogens with one attached hydrogen (secondary N) is 1. The molecule has 8 unspecified atom stereocenters. The standard InChI is InChI=1S/C51H98NO12P/c1-3-5-7-9-11-13-15-17-19-20-21-22-23-24-25-27-29-31-33-35-37-39-44(54)43(41-63-65(61,62)64-51-49(59)47(57)46(56)48(58)50(51)60)52-45(55)40-42(53)38-36-34-32-30-28-26-18-16-14-12-10-8-6-4-2/h26,28,37,39,42-44,46-51,53-54,56-60H,3-25,27,29-36,38,40-41H2,1-2H3,(H,52,55)(H,61,62)/b28-26-,39-37+. The molecule has 1 aliphatic carbocycles. The van der Waals surface area contributed by atoms with Crippen LogP contribution in [0.1, 0.15) is 232 Å². The van der Waals surface area contributed by atoms with Crippen LogP contribution < -0.4 is 5.32 Å². The molecule has 1 rings (SSSR count). The molecule has 14 heteroatoms. The molecule has 0 saturated heterocycles. The molecule has 0 radical (unpaired) electrons. The summed E-state index contributed by atoms with van der Waals surface area (Å²) in [6, 6.07) is -1.24. The molecule has 0 aromatic heterocycles. The van der Waals surface area contributed by atoms with Gasteiger partial charge in [0.1, 0.15) is 36.6 Å². The van der Waals surface area contributed by atoms with Crippen LogP contribution in [0.15, 0.2) is 24.3 Å². The molecule has 1 amide bonds. The largest absolute Gasteiger partial charge is 0.472 e. The number of amides is 1. The smallest absolute Gasteiger partial charge is 0.393 e. The Morgan fingerprint density at radius 1 is 0.538 bits per heavy atom. The summed E-state index contributed by atoms with van der Waals surface area (Å²) in [7, 11) is -5.15. The first-order valence-corrected chi connectivity index (χ1v) is 27.9. The highest BCUT2D eigenvalue weighted by atomic mass is 31.2. The number of hydrogen-bond acceptors (Lipinski definition) is 11. The molecule has 1 aliphatic rings. The third kappa shape index (κ3) is 32.3. The van der Waals surface area contributed by atoms with Crippen LogP contribution in [-0.4, -0.2) is 108 Å². The summed E-state index contributed by atoms with van der Waals surface area (Å²) in [6.45, 7) is 3.76. The summed E-state index contributed by atoms with van der Waals surface area (Å²) in [6.07, 6.45) is 32.6. The van der Waals surface area contributed by atoms with E-state index in [1.54, 1.807) is 6.08 Å². The lowest BCUT2D eigenvalue weighted by atomic mass is 9.85. The normalized spacial score (nSPS) is 22.7. The van der Waals surface area contributed by atoms with Crippen molar-refractivity contribution in [2.45, 2.75) is 287 Å². The van der Waals surface area contributed by atoms with Gasteiger partial charge in [0, 0.05) is 0 Å². The van der Waals surface area contributed by atoms with Crippen molar-refractivity contribution in [3.8, 4) is 0 Å². The summed E-state index contributed by atoms with van der Waals surface area (Å²) in [5.74, 6) is -0.599.